The van der Waals surface area contributed by atoms with Crippen LogP contribution in [0, 0.1) is 0 Å². The maximum Gasteiger partial charge on any atom is 0.115 e. The SMILES string of the molecule is CC1CN(C(CO)c2cccc(O)c2)CCN1C. The molecule has 1 saturated heterocycles. The molecular formula is C14H22N2O2. The smallest absolute Gasteiger partial charge is 0.115 e. The molecule has 2 unspecified atom stereocenters. The molecule has 1 fully saturated rings. The monoisotopic (exact) mass is 250 g/mol. The summed E-state index contributed by atoms with van der Waals surface area (Å²) in [5.41, 5.74) is 0.981. The van der Waals surface area contributed by atoms with Crippen molar-refractivity contribution < 1.29 is 10.2 Å². The van der Waals surface area contributed by atoms with Crippen LogP contribution >= 0.6 is 0 Å². The second-order valence-electron chi connectivity index (χ2n) is 5.12. The molecule has 1 heterocycles. The van der Waals surface area contributed by atoms with E-state index in [1.165, 1.54) is 0 Å². The van der Waals surface area contributed by atoms with Gasteiger partial charge in [0, 0.05) is 25.7 Å². The van der Waals surface area contributed by atoms with Crippen LogP contribution in [0.25, 0.3) is 0 Å². The van der Waals surface area contributed by atoms with Gasteiger partial charge in [-0.25, -0.2) is 0 Å². The van der Waals surface area contributed by atoms with Crippen molar-refractivity contribution in [3.63, 3.8) is 0 Å². The Kier molecular flexibility index (Phi) is 4.22. The highest BCUT2D eigenvalue weighted by atomic mass is 16.3. The van der Waals surface area contributed by atoms with Crippen LogP contribution in [0.4, 0.5) is 0 Å². The maximum atomic E-state index is 9.64. The largest absolute Gasteiger partial charge is 0.508 e. The van der Waals surface area contributed by atoms with Crippen LogP contribution in [0.5, 0.6) is 5.75 Å². The molecule has 0 aliphatic carbocycles. The molecule has 18 heavy (non-hydrogen) atoms. The predicted molar refractivity (Wildman–Crippen MR) is 71.6 cm³/mol. The third kappa shape index (κ3) is 2.83. The number of nitrogens with zero attached hydrogens (tertiary/aromatic N) is 2. The summed E-state index contributed by atoms with van der Waals surface area (Å²) in [7, 11) is 2.13. The number of benzene rings is 1. The molecule has 1 aliphatic rings. The van der Waals surface area contributed by atoms with Crippen molar-refractivity contribution in [2.75, 3.05) is 33.3 Å². The summed E-state index contributed by atoms with van der Waals surface area (Å²) in [5, 5.41) is 19.2. The fourth-order valence-electron chi connectivity index (χ4n) is 2.52. The van der Waals surface area contributed by atoms with Crippen LogP contribution in [0.15, 0.2) is 24.3 Å². The minimum absolute atomic E-state index is 0.0201. The predicted octanol–water partition coefficient (Wildman–Crippen LogP) is 1.06. The Hall–Kier alpha value is -1.10. The summed E-state index contributed by atoms with van der Waals surface area (Å²) in [6.07, 6.45) is 0. The van der Waals surface area contributed by atoms with Gasteiger partial charge in [-0.2, -0.15) is 0 Å². The molecular weight excluding hydrogens is 228 g/mol. The number of hydrogen-bond donors (Lipinski definition) is 2. The molecule has 0 bridgehead atoms. The Balaban J connectivity index is 2.14. The van der Waals surface area contributed by atoms with E-state index >= 15 is 0 Å². The summed E-state index contributed by atoms with van der Waals surface area (Å²) < 4.78 is 0. The second kappa shape index (κ2) is 5.69. The van der Waals surface area contributed by atoms with Crippen LogP contribution in [0.1, 0.15) is 18.5 Å². The summed E-state index contributed by atoms with van der Waals surface area (Å²) >= 11 is 0. The lowest BCUT2D eigenvalue weighted by Gasteiger charge is -2.41. The number of aliphatic hydroxyl groups is 1. The highest BCUT2D eigenvalue weighted by molar-refractivity contribution is 5.29. The number of aromatic hydroxyl groups is 1. The first kappa shape index (κ1) is 13.3. The summed E-state index contributed by atoms with van der Waals surface area (Å²) in [6, 6.07) is 7.66. The molecule has 0 spiro atoms. The third-order valence-corrected chi connectivity index (χ3v) is 3.86. The summed E-state index contributed by atoms with van der Waals surface area (Å²) in [5.74, 6) is 0.258. The normalized spacial score (nSPS) is 24.1. The zero-order valence-electron chi connectivity index (χ0n) is 11.1. The van der Waals surface area contributed by atoms with Gasteiger partial charge in [0.2, 0.25) is 0 Å². The Morgan fingerprint density at radius 1 is 1.39 bits per heavy atom. The van der Waals surface area contributed by atoms with E-state index in [0.717, 1.165) is 25.2 Å². The van der Waals surface area contributed by atoms with Crippen molar-refractivity contribution in [1.82, 2.24) is 9.80 Å². The number of aliphatic hydroxyl groups excluding tert-OH is 1. The zero-order chi connectivity index (χ0) is 13.1. The molecule has 2 N–H and O–H groups in total. The lowest BCUT2D eigenvalue weighted by molar-refractivity contribution is 0.0463. The quantitative estimate of drug-likeness (QED) is 0.842. The summed E-state index contributed by atoms with van der Waals surface area (Å²) in [4.78, 5) is 4.62. The van der Waals surface area contributed by atoms with Crippen molar-refractivity contribution in [1.29, 1.82) is 0 Å². The molecule has 1 aromatic rings. The standard InChI is InChI=1S/C14H22N2O2/c1-11-9-16(7-6-15(11)2)14(10-17)12-4-3-5-13(18)8-12/h3-5,8,11,14,17-18H,6-7,9-10H2,1-2H3. The number of phenols is 1. The lowest BCUT2D eigenvalue weighted by Crippen LogP contribution is -2.51. The molecule has 1 aromatic carbocycles. The van der Waals surface area contributed by atoms with Gasteiger partial charge < -0.3 is 15.1 Å². The minimum Gasteiger partial charge on any atom is -0.508 e. The van der Waals surface area contributed by atoms with Crippen LogP contribution < -0.4 is 0 Å². The molecule has 4 heteroatoms. The van der Waals surface area contributed by atoms with E-state index in [9.17, 15) is 10.2 Å². The van der Waals surface area contributed by atoms with Gasteiger partial charge in [-0.15, -0.1) is 0 Å². The topological polar surface area (TPSA) is 46.9 Å². The van der Waals surface area contributed by atoms with Gasteiger partial charge in [0.15, 0.2) is 0 Å². The molecule has 2 rings (SSSR count). The fourth-order valence-corrected chi connectivity index (χ4v) is 2.52. The summed E-state index contributed by atoms with van der Waals surface area (Å²) in [6.45, 7) is 5.18. The molecule has 4 nitrogen and oxygen atoms in total. The van der Waals surface area contributed by atoms with Crippen LogP contribution in [0.3, 0.4) is 0 Å². The number of rotatable bonds is 3. The van der Waals surface area contributed by atoms with Crippen molar-refractivity contribution >= 4 is 0 Å². The Bertz CT molecular complexity index is 397. The van der Waals surface area contributed by atoms with Gasteiger partial charge in [0.05, 0.1) is 12.6 Å². The average Bonchev–Trinajstić information content (AvgIpc) is 2.35. The number of hydrogen-bond acceptors (Lipinski definition) is 4. The van der Waals surface area contributed by atoms with Crippen LogP contribution in [-0.4, -0.2) is 59.3 Å². The highest BCUT2D eigenvalue weighted by Crippen LogP contribution is 2.25. The van der Waals surface area contributed by atoms with E-state index in [4.69, 9.17) is 0 Å². The third-order valence-electron chi connectivity index (χ3n) is 3.86. The molecule has 100 valence electrons. The molecule has 0 radical (unpaired) electrons. The second-order valence-corrected chi connectivity index (χ2v) is 5.12. The minimum atomic E-state index is -0.0201. The van der Waals surface area contributed by atoms with E-state index in [1.54, 1.807) is 12.1 Å². The van der Waals surface area contributed by atoms with E-state index in [-0.39, 0.29) is 18.4 Å². The number of piperazine rings is 1. The Labute approximate surface area is 108 Å². The molecule has 0 aromatic heterocycles. The van der Waals surface area contributed by atoms with E-state index in [2.05, 4.69) is 23.8 Å². The first-order chi connectivity index (χ1) is 8.61. The van der Waals surface area contributed by atoms with E-state index in [0.29, 0.717) is 6.04 Å². The molecule has 1 aliphatic heterocycles. The van der Waals surface area contributed by atoms with Crippen molar-refractivity contribution in [2.24, 2.45) is 0 Å². The fraction of sp³-hybridized carbons (Fsp3) is 0.571. The van der Waals surface area contributed by atoms with Gasteiger partial charge >= 0.3 is 0 Å². The Morgan fingerprint density at radius 3 is 2.78 bits per heavy atom. The first-order valence-corrected chi connectivity index (χ1v) is 6.46. The highest BCUT2D eigenvalue weighted by Gasteiger charge is 2.27. The number of phenolic OH excluding ortho intramolecular Hbond substituents is 1. The average molecular weight is 250 g/mol. The Morgan fingerprint density at radius 2 is 2.17 bits per heavy atom. The number of likely N-dealkylation sites (N-methyl/N-ethyl adjacent to an activating group) is 1. The van der Waals surface area contributed by atoms with Crippen molar-refractivity contribution in [3.8, 4) is 5.75 Å². The van der Waals surface area contributed by atoms with Crippen LogP contribution in [0.2, 0.25) is 0 Å². The van der Waals surface area contributed by atoms with Gasteiger partial charge in [0.25, 0.3) is 0 Å². The molecule has 0 amide bonds. The van der Waals surface area contributed by atoms with Crippen molar-refractivity contribution in [2.45, 2.75) is 19.0 Å². The van der Waals surface area contributed by atoms with Gasteiger partial charge in [-0.3, -0.25) is 4.90 Å². The van der Waals surface area contributed by atoms with E-state index in [1.807, 2.05) is 12.1 Å². The van der Waals surface area contributed by atoms with Crippen molar-refractivity contribution in [3.05, 3.63) is 29.8 Å². The van der Waals surface area contributed by atoms with Gasteiger partial charge in [-0.05, 0) is 31.7 Å². The first-order valence-electron chi connectivity index (χ1n) is 6.46. The lowest BCUT2D eigenvalue weighted by atomic mass is 10.0. The van der Waals surface area contributed by atoms with E-state index < -0.39 is 0 Å². The molecule has 2 atom stereocenters. The van der Waals surface area contributed by atoms with Gasteiger partial charge in [0.1, 0.15) is 5.75 Å². The van der Waals surface area contributed by atoms with Gasteiger partial charge in [-0.1, -0.05) is 12.1 Å². The van der Waals surface area contributed by atoms with Crippen LogP contribution in [-0.2, 0) is 0 Å². The maximum absolute atomic E-state index is 9.64. The zero-order valence-corrected chi connectivity index (χ0v) is 11.1. The molecule has 0 saturated carbocycles.